The van der Waals surface area contributed by atoms with E-state index in [-0.39, 0.29) is 22.9 Å². The Bertz CT molecular complexity index is 633. The van der Waals surface area contributed by atoms with Crippen LogP contribution in [0.15, 0.2) is 18.2 Å². The molecule has 1 aromatic rings. The van der Waals surface area contributed by atoms with Crippen LogP contribution in [-0.4, -0.2) is 40.2 Å². The Labute approximate surface area is 143 Å². The minimum absolute atomic E-state index is 0.110. The van der Waals surface area contributed by atoms with Crippen LogP contribution >= 0.6 is 12.2 Å². The zero-order chi connectivity index (χ0) is 17.9. The van der Waals surface area contributed by atoms with Gasteiger partial charge in [0.1, 0.15) is 16.8 Å². The van der Waals surface area contributed by atoms with Crippen molar-refractivity contribution in [2.75, 3.05) is 13.2 Å². The number of benzene rings is 1. The highest BCUT2D eigenvalue weighted by Gasteiger charge is 2.38. The van der Waals surface area contributed by atoms with Crippen LogP contribution in [0.5, 0.6) is 5.75 Å². The normalized spacial score (nSPS) is 17.3. The zero-order valence-corrected chi connectivity index (χ0v) is 13.9. The van der Waals surface area contributed by atoms with Gasteiger partial charge in [-0.2, -0.15) is 13.2 Å². The molecule has 1 fully saturated rings. The lowest BCUT2D eigenvalue weighted by Crippen LogP contribution is -2.54. The molecule has 132 valence electrons. The first-order valence-corrected chi connectivity index (χ1v) is 8.04. The molecule has 0 radical (unpaired) electrons. The van der Waals surface area contributed by atoms with Gasteiger partial charge in [0.05, 0.1) is 12.2 Å². The number of rotatable bonds is 6. The van der Waals surface area contributed by atoms with Crippen molar-refractivity contribution in [2.45, 2.75) is 38.4 Å². The topological polar surface area (TPSA) is 49.8 Å². The predicted octanol–water partition coefficient (Wildman–Crippen LogP) is 3.72. The molecule has 1 aliphatic heterocycles. The van der Waals surface area contributed by atoms with Crippen molar-refractivity contribution in [3.63, 3.8) is 0 Å². The largest absolute Gasteiger partial charge is 0.493 e. The number of carboxylic acid groups (broad SMARTS) is 1. The fourth-order valence-electron chi connectivity index (χ4n) is 2.39. The first-order chi connectivity index (χ1) is 11.3. The van der Waals surface area contributed by atoms with Gasteiger partial charge in [0.2, 0.25) is 0 Å². The molecule has 0 saturated carbocycles. The van der Waals surface area contributed by atoms with E-state index in [0.29, 0.717) is 19.4 Å². The average Bonchev–Trinajstić information content (AvgIpc) is 2.44. The maximum absolute atomic E-state index is 13.3. The van der Waals surface area contributed by atoms with E-state index in [9.17, 15) is 18.0 Å². The molecule has 1 atom stereocenters. The lowest BCUT2D eigenvalue weighted by Gasteiger charge is -2.40. The summed E-state index contributed by atoms with van der Waals surface area (Å²) < 4.78 is 45.0. The highest BCUT2D eigenvalue weighted by molar-refractivity contribution is 7.80. The summed E-state index contributed by atoms with van der Waals surface area (Å²) in [5, 5.41) is 9.05. The van der Waals surface area contributed by atoms with Crippen molar-refractivity contribution in [1.82, 2.24) is 4.90 Å². The molecule has 4 nitrogen and oxygen atoms in total. The van der Waals surface area contributed by atoms with Gasteiger partial charge in [0.15, 0.2) is 0 Å². The lowest BCUT2D eigenvalue weighted by atomic mass is 10.0. The molecule has 24 heavy (non-hydrogen) atoms. The van der Waals surface area contributed by atoms with Gasteiger partial charge in [-0.15, -0.1) is 0 Å². The predicted molar refractivity (Wildman–Crippen MR) is 86.3 cm³/mol. The van der Waals surface area contributed by atoms with E-state index >= 15 is 0 Å². The molecular formula is C16H18F3NO3S. The van der Waals surface area contributed by atoms with E-state index in [1.54, 1.807) is 0 Å². The zero-order valence-electron chi connectivity index (χ0n) is 13.1. The highest BCUT2D eigenvalue weighted by atomic mass is 32.1. The number of carboxylic acids is 1. The van der Waals surface area contributed by atoms with E-state index in [0.717, 1.165) is 12.5 Å². The number of hydrogen-bond acceptors (Lipinski definition) is 3. The number of ether oxygens (including phenoxy) is 1. The molecule has 1 aromatic carbocycles. The number of carbonyl (C=O) groups is 1. The van der Waals surface area contributed by atoms with Gasteiger partial charge in [-0.1, -0.05) is 25.6 Å². The second-order valence-corrected chi connectivity index (χ2v) is 5.94. The third-order valence-electron chi connectivity index (χ3n) is 3.85. The van der Waals surface area contributed by atoms with E-state index in [1.807, 2.05) is 6.92 Å². The third kappa shape index (κ3) is 3.98. The second-order valence-electron chi connectivity index (χ2n) is 5.55. The Hall–Kier alpha value is -1.83. The number of alkyl halides is 3. The number of halogens is 3. The van der Waals surface area contributed by atoms with E-state index in [2.05, 4.69) is 0 Å². The van der Waals surface area contributed by atoms with Crippen molar-refractivity contribution in [1.29, 1.82) is 0 Å². The molecule has 1 heterocycles. The summed E-state index contributed by atoms with van der Waals surface area (Å²) in [5.41, 5.74) is -0.725. The molecule has 0 aromatic heterocycles. The van der Waals surface area contributed by atoms with Crippen LogP contribution in [0.25, 0.3) is 0 Å². The van der Waals surface area contributed by atoms with Gasteiger partial charge in [-0.05, 0) is 31.0 Å². The van der Waals surface area contributed by atoms with Crippen LogP contribution < -0.4 is 4.74 Å². The molecule has 0 unspecified atom stereocenters. The minimum atomic E-state index is -4.58. The van der Waals surface area contributed by atoms with E-state index < -0.39 is 23.8 Å². The van der Waals surface area contributed by atoms with Gasteiger partial charge in [-0.3, -0.25) is 0 Å². The quantitative estimate of drug-likeness (QED) is 0.618. The summed E-state index contributed by atoms with van der Waals surface area (Å²) in [6, 6.07) is 2.85. The smallest absolute Gasteiger partial charge is 0.419 e. The Morgan fingerprint density at radius 2 is 2.17 bits per heavy atom. The van der Waals surface area contributed by atoms with Crippen LogP contribution in [0.2, 0.25) is 0 Å². The van der Waals surface area contributed by atoms with Gasteiger partial charge < -0.3 is 14.7 Å². The van der Waals surface area contributed by atoms with Gasteiger partial charge in [0.25, 0.3) is 0 Å². The van der Waals surface area contributed by atoms with Crippen LogP contribution in [0.3, 0.4) is 0 Å². The number of hydrogen-bond donors (Lipinski definition) is 1. The number of aliphatic carboxylic acids is 1. The SMILES string of the molecule is CCCCOc1ccc(C(=S)N2CC[C@@H]2C(=O)O)cc1C(F)(F)F. The summed E-state index contributed by atoms with van der Waals surface area (Å²) in [6.45, 7) is 2.55. The van der Waals surface area contributed by atoms with Crippen molar-refractivity contribution in [3.8, 4) is 5.75 Å². The summed E-state index contributed by atoms with van der Waals surface area (Å²) in [4.78, 5) is 12.6. The second kappa shape index (κ2) is 7.38. The fraction of sp³-hybridized carbons (Fsp3) is 0.500. The number of unbranched alkanes of at least 4 members (excludes halogenated alkanes) is 1. The maximum Gasteiger partial charge on any atom is 0.419 e. The first kappa shape index (κ1) is 18.5. The molecule has 0 bridgehead atoms. The monoisotopic (exact) mass is 361 g/mol. The Morgan fingerprint density at radius 3 is 2.67 bits per heavy atom. The molecule has 8 heteroatoms. The molecule has 1 N–H and O–H groups in total. The van der Waals surface area contributed by atoms with Gasteiger partial charge >= 0.3 is 12.1 Å². The van der Waals surface area contributed by atoms with Gasteiger partial charge in [0, 0.05) is 12.1 Å². The summed E-state index contributed by atoms with van der Waals surface area (Å²) in [7, 11) is 0. The summed E-state index contributed by atoms with van der Waals surface area (Å²) in [5.74, 6) is -1.26. The Morgan fingerprint density at radius 1 is 1.46 bits per heavy atom. The average molecular weight is 361 g/mol. The third-order valence-corrected chi connectivity index (χ3v) is 4.32. The fourth-order valence-corrected chi connectivity index (χ4v) is 2.74. The number of likely N-dealkylation sites (tertiary alicyclic amines) is 1. The van der Waals surface area contributed by atoms with Gasteiger partial charge in [-0.25, -0.2) is 4.79 Å². The lowest BCUT2D eigenvalue weighted by molar-refractivity contribution is -0.145. The summed E-state index contributed by atoms with van der Waals surface area (Å²) in [6.07, 6.45) is -2.67. The Balaban J connectivity index is 2.25. The first-order valence-electron chi connectivity index (χ1n) is 7.63. The number of nitrogens with zero attached hydrogens (tertiary/aromatic N) is 1. The van der Waals surface area contributed by atoms with Crippen LogP contribution in [0.1, 0.15) is 37.3 Å². The number of thiocarbonyl (C=S) groups is 1. The molecule has 1 aliphatic rings. The molecule has 0 spiro atoms. The molecule has 2 rings (SSSR count). The van der Waals surface area contributed by atoms with Crippen molar-refractivity contribution >= 4 is 23.2 Å². The molecule has 0 amide bonds. The van der Waals surface area contributed by atoms with Crippen LogP contribution in [0, 0.1) is 0 Å². The molecule has 1 saturated heterocycles. The van der Waals surface area contributed by atoms with Crippen LogP contribution in [0.4, 0.5) is 13.2 Å². The molecular weight excluding hydrogens is 343 g/mol. The van der Waals surface area contributed by atoms with E-state index in [4.69, 9.17) is 22.1 Å². The maximum atomic E-state index is 13.3. The Kier molecular flexibility index (Phi) is 5.69. The minimum Gasteiger partial charge on any atom is -0.493 e. The van der Waals surface area contributed by atoms with Crippen molar-refractivity contribution in [3.05, 3.63) is 29.3 Å². The van der Waals surface area contributed by atoms with Crippen molar-refractivity contribution < 1.29 is 27.8 Å². The molecule has 0 aliphatic carbocycles. The van der Waals surface area contributed by atoms with Crippen molar-refractivity contribution in [2.24, 2.45) is 0 Å². The van der Waals surface area contributed by atoms with Crippen LogP contribution in [-0.2, 0) is 11.0 Å². The summed E-state index contributed by atoms with van der Waals surface area (Å²) >= 11 is 5.18. The highest BCUT2D eigenvalue weighted by Crippen LogP contribution is 2.37. The van der Waals surface area contributed by atoms with E-state index in [1.165, 1.54) is 17.0 Å². The standard InChI is InChI=1S/C16H18F3NO3S/c1-2-3-8-23-13-5-4-10(9-11(13)16(17,18)19)14(24)20-7-6-12(20)15(21)22/h4-5,9,12H,2-3,6-8H2,1H3,(H,21,22)/t12-/m1/s1.